The minimum absolute atomic E-state index is 0.0508. The summed E-state index contributed by atoms with van der Waals surface area (Å²) in [5, 5.41) is 11.3. The van der Waals surface area contributed by atoms with Gasteiger partial charge >= 0.3 is 0 Å². The lowest BCUT2D eigenvalue weighted by atomic mass is 10.2. The molecule has 0 amide bonds. The highest BCUT2D eigenvalue weighted by Gasteiger charge is 2.30. The predicted molar refractivity (Wildman–Crippen MR) is 105 cm³/mol. The fourth-order valence-electron chi connectivity index (χ4n) is 3.46. The molecule has 7 nitrogen and oxygen atoms in total. The van der Waals surface area contributed by atoms with Gasteiger partial charge in [-0.2, -0.15) is 5.10 Å². The van der Waals surface area contributed by atoms with E-state index in [1.165, 1.54) is 4.83 Å². The number of rotatable bonds is 3. The van der Waals surface area contributed by atoms with Crippen LogP contribution in [0.25, 0.3) is 20.6 Å². The first-order chi connectivity index (χ1) is 12.6. The highest BCUT2D eigenvalue weighted by atomic mass is 32.1. The zero-order chi connectivity index (χ0) is 17.8. The Balaban J connectivity index is 1.39. The highest BCUT2D eigenvalue weighted by Crippen LogP contribution is 2.32. The van der Waals surface area contributed by atoms with Crippen LogP contribution in [0.1, 0.15) is 26.1 Å². The number of hydrogen-bond donors (Lipinski definition) is 1. The van der Waals surface area contributed by atoms with Crippen LogP contribution in [-0.4, -0.2) is 37.3 Å². The molecule has 0 bridgehead atoms. The normalized spacial score (nSPS) is 19.4. The Hall–Kier alpha value is -2.74. The molecule has 0 spiro atoms. The maximum absolute atomic E-state index is 4.88. The summed E-state index contributed by atoms with van der Waals surface area (Å²) in [5.74, 6) is 2.06. The van der Waals surface area contributed by atoms with Gasteiger partial charge in [0.2, 0.25) is 0 Å². The highest BCUT2D eigenvalue weighted by molar-refractivity contribution is 7.25. The molecule has 2 aliphatic rings. The molecule has 0 aromatic carbocycles. The number of amidine groups is 1. The first-order valence-electron chi connectivity index (χ1n) is 8.65. The number of allylic oxidation sites excluding steroid dienone is 1. The van der Waals surface area contributed by atoms with Crippen molar-refractivity contribution in [2.24, 2.45) is 17.1 Å². The Morgan fingerprint density at radius 1 is 1.27 bits per heavy atom. The van der Waals surface area contributed by atoms with Crippen LogP contribution in [-0.2, 0) is 13.5 Å². The molecule has 1 unspecified atom stereocenters. The van der Waals surface area contributed by atoms with Crippen LogP contribution < -0.4 is 5.32 Å². The second-order valence-corrected chi connectivity index (χ2v) is 7.66. The molecule has 1 N–H and O–H groups in total. The van der Waals surface area contributed by atoms with Crippen molar-refractivity contribution in [3.63, 3.8) is 0 Å². The second-order valence-electron chi connectivity index (χ2n) is 6.68. The quantitative estimate of drug-likeness (QED) is 0.775. The van der Waals surface area contributed by atoms with Gasteiger partial charge in [-0.25, -0.2) is 15.0 Å². The molecule has 0 radical (unpaired) electrons. The van der Waals surface area contributed by atoms with Crippen molar-refractivity contribution in [2.75, 3.05) is 0 Å². The molecule has 0 saturated heterocycles. The van der Waals surface area contributed by atoms with Gasteiger partial charge in [-0.1, -0.05) is 11.3 Å². The van der Waals surface area contributed by atoms with Crippen LogP contribution in [0.5, 0.6) is 0 Å². The Morgan fingerprint density at radius 2 is 2.15 bits per heavy atom. The summed E-state index contributed by atoms with van der Waals surface area (Å²) in [6, 6.07) is 4.06. The summed E-state index contributed by atoms with van der Waals surface area (Å²) < 4.78 is 2.18. The topological polar surface area (TPSA) is 70.7 Å². The smallest absolute Gasteiger partial charge is 0.160 e. The van der Waals surface area contributed by atoms with Crippen molar-refractivity contribution in [3.05, 3.63) is 36.1 Å². The lowest BCUT2D eigenvalue weighted by Crippen LogP contribution is -2.44. The van der Waals surface area contributed by atoms with E-state index >= 15 is 0 Å². The van der Waals surface area contributed by atoms with Crippen LogP contribution in [0, 0.1) is 0 Å². The Morgan fingerprint density at radius 3 is 3.00 bits per heavy atom. The molecule has 5 rings (SSSR count). The third-order valence-electron chi connectivity index (χ3n) is 4.93. The number of pyridine rings is 1. The molecule has 132 valence electrons. The third-order valence-corrected chi connectivity index (χ3v) is 6.11. The van der Waals surface area contributed by atoms with Crippen LogP contribution in [0.3, 0.4) is 0 Å². The summed E-state index contributed by atoms with van der Waals surface area (Å²) in [6.07, 6.45) is 5.41. The lowest BCUT2D eigenvalue weighted by molar-refractivity contribution is 0.333. The average molecular weight is 365 g/mol. The average Bonchev–Trinajstić information content (AvgIpc) is 3.31. The van der Waals surface area contributed by atoms with E-state index in [1.807, 2.05) is 37.3 Å². The molecular formula is C18H19N7S. The number of nitrogens with zero attached hydrogens (tertiary/aromatic N) is 6. The molecule has 3 aromatic rings. The standard InChI is InChI=1S/C18H19N7S/c1-10-9-20-11(2)16-21-13(23-25(10)16)6-7-14-22-15-12-5-4-8-19-17(12)26-18(15)24(14)3/h4-5,8-9,16H,6-7H2,1-3H3,(H,21,23). The summed E-state index contributed by atoms with van der Waals surface area (Å²) >= 11 is 1.70. The Kier molecular flexibility index (Phi) is 3.36. The van der Waals surface area contributed by atoms with E-state index in [1.54, 1.807) is 11.3 Å². The van der Waals surface area contributed by atoms with Crippen molar-refractivity contribution in [2.45, 2.75) is 32.9 Å². The Bertz CT molecular complexity index is 1120. The molecule has 3 aromatic heterocycles. The van der Waals surface area contributed by atoms with Crippen molar-refractivity contribution in [3.8, 4) is 0 Å². The van der Waals surface area contributed by atoms with Gasteiger partial charge in [0, 0.05) is 37.7 Å². The van der Waals surface area contributed by atoms with Gasteiger partial charge in [0.05, 0.1) is 11.4 Å². The fourth-order valence-corrected chi connectivity index (χ4v) is 4.53. The molecule has 2 aliphatic heterocycles. The van der Waals surface area contributed by atoms with Crippen molar-refractivity contribution in [1.29, 1.82) is 0 Å². The predicted octanol–water partition coefficient (Wildman–Crippen LogP) is 3.00. The molecule has 26 heavy (non-hydrogen) atoms. The van der Waals surface area contributed by atoms with Gasteiger partial charge in [-0.15, -0.1) is 0 Å². The van der Waals surface area contributed by atoms with Crippen LogP contribution >= 0.6 is 11.3 Å². The summed E-state index contributed by atoms with van der Waals surface area (Å²) in [5.41, 5.74) is 3.14. The largest absolute Gasteiger partial charge is 0.346 e. The number of thiophene rings is 1. The minimum atomic E-state index is 0.0508. The van der Waals surface area contributed by atoms with Gasteiger partial charge in [0.15, 0.2) is 6.17 Å². The maximum Gasteiger partial charge on any atom is 0.160 e. The molecule has 0 fully saturated rings. The number of aliphatic imine (C=N–C) groups is 1. The molecule has 5 heterocycles. The van der Waals surface area contributed by atoms with E-state index < -0.39 is 0 Å². The first kappa shape index (κ1) is 15.5. The summed E-state index contributed by atoms with van der Waals surface area (Å²) in [7, 11) is 2.08. The van der Waals surface area contributed by atoms with E-state index in [-0.39, 0.29) is 6.17 Å². The number of hydrogen-bond acceptors (Lipinski definition) is 7. The zero-order valence-corrected chi connectivity index (χ0v) is 15.7. The van der Waals surface area contributed by atoms with Gasteiger partial charge in [-0.3, -0.25) is 4.99 Å². The summed E-state index contributed by atoms with van der Waals surface area (Å²) in [4.78, 5) is 16.0. The molecule has 0 aliphatic carbocycles. The monoisotopic (exact) mass is 365 g/mol. The fraction of sp³-hybridized carbons (Fsp3) is 0.333. The number of nitrogens with one attached hydrogen (secondary N) is 1. The summed E-state index contributed by atoms with van der Waals surface area (Å²) in [6.45, 7) is 4.06. The molecule has 1 atom stereocenters. The number of aromatic nitrogens is 3. The SMILES string of the molecule is CC1=CN=C(C)C2NC(CCc3nc4c5cccnc5sc4n3C)=NN12. The van der Waals surface area contributed by atoms with Crippen LogP contribution in [0.15, 0.2) is 40.3 Å². The molecule has 8 heteroatoms. The number of hydrazone groups is 1. The van der Waals surface area contributed by atoms with E-state index in [4.69, 9.17) is 10.1 Å². The molecular weight excluding hydrogens is 346 g/mol. The molecule has 0 saturated carbocycles. The van der Waals surface area contributed by atoms with Crippen molar-refractivity contribution >= 4 is 43.4 Å². The van der Waals surface area contributed by atoms with Crippen LogP contribution in [0.4, 0.5) is 0 Å². The van der Waals surface area contributed by atoms with Crippen LogP contribution in [0.2, 0.25) is 0 Å². The van der Waals surface area contributed by atoms with Gasteiger partial charge < -0.3 is 9.88 Å². The minimum Gasteiger partial charge on any atom is -0.346 e. The van der Waals surface area contributed by atoms with Crippen molar-refractivity contribution < 1.29 is 0 Å². The second kappa shape index (κ2) is 5.63. The lowest BCUT2D eigenvalue weighted by Gasteiger charge is -2.26. The van der Waals surface area contributed by atoms with E-state index in [0.29, 0.717) is 0 Å². The first-order valence-corrected chi connectivity index (χ1v) is 9.46. The van der Waals surface area contributed by atoms with Gasteiger partial charge in [0.25, 0.3) is 0 Å². The van der Waals surface area contributed by atoms with Gasteiger partial charge in [-0.05, 0) is 26.0 Å². The number of fused-ring (bicyclic) bond motifs is 4. The van der Waals surface area contributed by atoms with E-state index in [9.17, 15) is 0 Å². The number of imidazole rings is 1. The number of aryl methyl sites for hydroxylation is 2. The van der Waals surface area contributed by atoms with Gasteiger partial charge in [0.1, 0.15) is 26.8 Å². The zero-order valence-electron chi connectivity index (χ0n) is 14.9. The third kappa shape index (κ3) is 2.25. The van der Waals surface area contributed by atoms with E-state index in [2.05, 4.69) is 33.0 Å². The van der Waals surface area contributed by atoms with E-state index in [0.717, 1.165) is 51.6 Å². The maximum atomic E-state index is 4.88. The van der Waals surface area contributed by atoms with Crippen molar-refractivity contribution in [1.82, 2.24) is 24.9 Å². The Labute approximate surface area is 154 Å².